The summed E-state index contributed by atoms with van der Waals surface area (Å²) >= 11 is 0. The molecule has 1 aromatic rings. The minimum atomic E-state index is 0.480. The number of rotatable bonds is 4. The Morgan fingerprint density at radius 2 is 2.21 bits per heavy atom. The van der Waals surface area contributed by atoms with Crippen molar-refractivity contribution in [2.75, 3.05) is 7.05 Å². The molecule has 0 atom stereocenters. The molecule has 0 unspecified atom stereocenters. The minimum absolute atomic E-state index is 0.480. The molecule has 0 aliphatic heterocycles. The van der Waals surface area contributed by atoms with Crippen LogP contribution in [0.4, 0.5) is 0 Å². The Morgan fingerprint density at radius 3 is 2.86 bits per heavy atom. The van der Waals surface area contributed by atoms with Crippen molar-refractivity contribution in [3.8, 4) is 5.75 Å². The van der Waals surface area contributed by atoms with E-state index >= 15 is 0 Å². The maximum Gasteiger partial charge on any atom is 0.124 e. The molecule has 2 heteroatoms. The molecule has 0 saturated heterocycles. The van der Waals surface area contributed by atoms with Gasteiger partial charge in [-0.05, 0) is 32.9 Å². The summed E-state index contributed by atoms with van der Waals surface area (Å²) in [6.07, 6.45) is 2.91. The Balaban J connectivity index is 2.17. The van der Waals surface area contributed by atoms with Gasteiger partial charge in [-0.3, -0.25) is 0 Å². The molecule has 76 valence electrons. The Bertz CT molecular complexity index is 318. The first-order chi connectivity index (χ1) is 6.79. The van der Waals surface area contributed by atoms with Crippen LogP contribution in [0.15, 0.2) is 18.2 Å². The first-order valence-corrected chi connectivity index (χ1v) is 5.20. The van der Waals surface area contributed by atoms with Crippen LogP contribution in [-0.2, 0) is 6.54 Å². The zero-order valence-corrected chi connectivity index (χ0v) is 8.84. The van der Waals surface area contributed by atoms with Crippen molar-refractivity contribution in [2.45, 2.75) is 32.4 Å². The number of nitrogens with one attached hydrogen (secondary N) is 1. The molecule has 1 N–H and O–H groups in total. The Labute approximate surface area is 85.3 Å². The SMILES string of the molecule is CNCc1cc(C)ccc1OC1CC1. The minimum Gasteiger partial charge on any atom is -0.490 e. The lowest BCUT2D eigenvalue weighted by Gasteiger charge is -2.11. The van der Waals surface area contributed by atoms with Crippen molar-refractivity contribution >= 4 is 0 Å². The van der Waals surface area contributed by atoms with Gasteiger partial charge in [-0.25, -0.2) is 0 Å². The Morgan fingerprint density at radius 1 is 1.43 bits per heavy atom. The maximum atomic E-state index is 5.82. The smallest absolute Gasteiger partial charge is 0.124 e. The van der Waals surface area contributed by atoms with E-state index < -0.39 is 0 Å². The molecule has 14 heavy (non-hydrogen) atoms. The number of hydrogen-bond acceptors (Lipinski definition) is 2. The van der Waals surface area contributed by atoms with Crippen molar-refractivity contribution in [3.05, 3.63) is 29.3 Å². The molecule has 0 bridgehead atoms. The van der Waals surface area contributed by atoms with Gasteiger partial charge in [0, 0.05) is 12.1 Å². The van der Waals surface area contributed by atoms with Crippen LogP contribution >= 0.6 is 0 Å². The molecular weight excluding hydrogens is 174 g/mol. The van der Waals surface area contributed by atoms with E-state index in [2.05, 4.69) is 30.4 Å². The lowest BCUT2D eigenvalue weighted by molar-refractivity contribution is 0.299. The van der Waals surface area contributed by atoms with Crippen molar-refractivity contribution in [1.82, 2.24) is 5.32 Å². The lowest BCUT2D eigenvalue weighted by atomic mass is 10.1. The van der Waals surface area contributed by atoms with Gasteiger partial charge in [0.2, 0.25) is 0 Å². The van der Waals surface area contributed by atoms with Crippen molar-refractivity contribution in [2.24, 2.45) is 0 Å². The fraction of sp³-hybridized carbons (Fsp3) is 0.500. The summed E-state index contributed by atoms with van der Waals surface area (Å²) < 4.78 is 5.82. The molecule has 1 aromatic carbocycles. The van der Waals surface area contributed by atoms with Crippen molar-refractivity contribution in [3.63, 3.8) is 0 Å². The fourth-order valence-corrected chi connectivity index (χ4v) is 1.52. The van der Waals surface area contributed by atoms with Gasteiger partial charge in [-0.2, -0.15) is 0 Å². The lowest BCUT2D eigenvalue weighted by Crippen LogP contribution is -2.08. The van der Waals surface area contributed by atoms with Gasteiger partial charge in [0.15, 0.2) is 0 Å². The van der Waals surface area contributed by atoms with Crippen LogP contribution in [0.25, 0.3) is 0 Å². The third-order valence-electron chi connectivity index (χ3n) is 2.40. The van der Waals surface area contributed by atoms with Gasteiger partial charge < -0.3 is 10.1 Å². The van der Waals surface area contributed by atoms with E-state index in [4.69, 9.17) is 4.74 Å². The molecule has 0 aromatic heterocycles. The molecule has 0 radical (unpaired) electrons. The molecule has 2 nitrogen and oxygen atoms in total. The largest absolute Gasteiger partial charge is 0.490 e. The highest BCUT2D eigenvalue weighted by Gasteiger charge is 2.24. The highest BCUT2D eigenvalue weighted by atomic mass is 16.5. The third-order valence-corrected chi connectivity index (χ3v) is 2.40. The van der Waals surface area contributed by atoms with Crippen molar-refractivity contribution < 1.29 is 4.74 Å². The van der Waals surface area contributed by atoms with Crippen LogP contribution in [0.3, 0.4) is 0 Å². The van der Waals surface area contributed by atoms with Crippen LogP contribution in [0, 0.1) is 6.92 Å². The first-order valence-electron chi connectivity index (χ1n) is 5.20. The average Bonchev–Trinajstić information content (AvgIpc) is 2.94. The van der Waals surface area contributed by atoms with E-state index in [1.807, 2.05) is 7.05 Å². The van der Waals surface area contributed by atoms with E-state index in [-0.39, 0.29) is 0 Å². The van der Waals surface area contributed by atoms with Gasteiger partial charge in [0.1, 0.15) is 5.75 Å². The molecular formula is C12H17NO. The molecule has 0 amide bonds. The molecule has 1 aliphatic carbocycles. The number of aryl methyl sites for hydroxylation is 1. The Hall–Kier alpha value is -1.02. The van der Waals surface area contributed by atoms with Crippen LogP contribution in [-0.4, -0.2) is 13.2 Å². The summed E-state index contributed by atoms with van der Waals surface area (Å²) in [5.74, 6) is 1.05. The van der Waals surface area contributed by atoms with Gasteiger partial charge in [-0.15, -0.1) is 0 Å². The molecule has 1 saturated carbocycles. The van der Waals surface area contributed by atoms with Crippen molar-refractivity contribution in [1.29, 1.82) is 0 Å². The summed E-state index contributed by atoms with van der Waals surface area (Å²) in [6, 6.07) is 6.38. The van der Waals surface area contributed by atoms with Gasteiger partial charge in [0.05, 0.1) is 6.10 Å². The highest BCUT2D eigenvalue weighted by Crippen LogP contribution is 2.29. The summed E-state index contributed by atoms with van der Waals surface area (Å²) in [5.41, 5.74) is 2.55. The van der Waals surface area contributed by atoms with Crippen LogP contribution in [0.5, 0.6) is 5.75 Å². The first kappa shape index (κ1) is 9.53. The number of ether oxygens (including phenoxy) is 1. The van der Waals surface area contributed by atoms with Gasteiger partial charge >= 0.3 is 0 Å². The van der Waals surface area contributed by atoms with E-state index in [1.54, 1.807) is 0 Å². The topological polar surface area (TPSA) is 21.3 Å². The standard InChI is InChI=1S/C12H17NO/c1-9-3-6-12(14-11-4-5-11)10(7-9)8-13-2/h3,6-7,11,13H,4-5,8H2,1-2H3. The summed E-state index contributed by atoms with van der Waals surface area (Å²) in [7, 11) is 1.96. The van der Waals surface area contributed by atoms with E-state index in [9.17, 15) is 0 Å². The Kier molecular flexibility index (Phi) is 2.73. The molecule has 1 fully saturated rings. The van der Waals surface area contributed by atoms with E-state index in [0.29, 0.717) is 6.10 Å². The maximum absolute atomic E-state index is 5.82. The average molecular weight is 191 g/mol. The van der Waals surface area contributed by atoms with Gasteiger partial charge in [-0.1, -0.05) is 17.7 Å². The normalized spacial score (nSPS) is 15.6. The second kappa shape index (κ2) is 4.01. The zero-order valence-electron chi connectivity index (χ0n) is 8.84. The van der Waals surface area contributed by atoms with Crippen LogP contribution in [0.2, 0.25) is 0 Å². The molecule has 0 spiro atoms. The summed E-state index contributed by atoms with van der Waals surface area (Å²) in [5, 5.41) is 3.17. The van der Waals surface area contributed by atoms with E-state index in [0.717, 1.165) is 12.3 Å². The summed E-state index contributed by atoms with van der Waals surface area (Å²) in [6.45, 7) is 2.99. The predicted molar refractivity (Wildman–Crippen MR) is 57.6 cm³/mol. The fourth-order valence-electron chi connectivity index (χ4n) is 1.52. The van der Waals surface area contributed by atoms with Gasteiger partial charge in [0.25, 0.3) is 0 Å². The van der Waals surface area contributed by atoms with Crippen LogP contribution < -0.4 is 10.1 Å². The second-order valence-corrected chi connectivity index (χ2v) is 3.96. The molecule has 1 aliphatic rings. The second-order valence-electron chi connectivity index (χ2n) is 3.96. The zero-order chi connectivity index (χ0) is 9.97. The summed E-state index contributed by atoms with van der Waals surface area (Å²) in [4.78, 5) is 0. The predicted octanol–water partition coefficient (Wildman–Crippen LogP) is 2.26. The van der Waals surface area contributed by atoms with Crippen LogP contribution in [0.1, 0.15) is 24.0 Å². The molecule has 0 heterocycles. The number of benzene rings is 1. The number of hydrogen-bond donors (Lipinski definition) is 1. The van der Waals surface area contributed by atoms with E-state index in [1.165, 1.54) is 24.0 Å². The monoisotopic (exact) mass is 191 g/mol. The molecule has 2 rings (SSSR count). The third kappa shape index (κ3) is 2.26. The quantitative estimate of drug-likeness (QED) is 0.788. The highest BCUT2D eigenvalue weighted by molar-refractivity contribution is 5.37.